The molecule has 0 aromatic heterocycles. The Morgan fingerprint density at radius 1 is 0.810 bits per heavy atom. The Labute approximate surface area is 134 Å². The normalized spacial score (nSPS) is 10.7. The van der Waals surface area contributed by atoms with Crippen molar-refractivity contribution in [3.8, 4) is 11.5 Å². The molecule has 0 heterocycles. The molecule has 0 fully saturated rings. The lowest BCUT2D eigenvalue weighted by atomic mass is 10.1. The van der Waals surface area contributed by atoms with Crippen molar-refractivity contribution in [2.45, 2.75) is 19.8 Å². The summed E-state index contributed by atoms with van der Waals surface area (Å²) in [6.07, 6.45) is 2.05. The molecule has 2 N–H and O–H groups in total. The Morgan fingerprint density at radius 2 is 1.38 bits per heavy atom. The van der Waals surface area contributed by atoms with Crippen molar-refractivity contribution < 1.29 is 10.2 Å². The van der Waals surface area contributed by atoms with E-state index in [-0.39, 0.29) is 0 Å². The van der Waals surface area contributed by atoms with Crippen LogP contribution in [0.5, 0.6) is 11.5 Å². The Balaban J connectivity index is 1.61. The minimum Gasteiger partial charge on any atom is -0.508 e. The van der Waals surface area contributed by atoms with Gasteiger partial charge >= 0.3 is 0 Å². The molecule has 0 radical (unpaired) electrons. The molecule has 0 saturated carbocycles. The van der Waals surface area contributed by atoms with Crippen molar-refractivity contribution in [1.82, 2.24) is 0 Å². The van der Waals surface area contributed by atoms with E-state index in [1.54, 1.807) is 18.2 Å². The zero-order valence-corrected chi connectivity index (χ0v) is 13.7. The average molecular weight is 320 g/mol. The largest absolute Gasteiger partial charge is 0.508 e. The molecule has 0 aliphatic rings. The second kappa shape index (κ2) is 8.25. The fraction of sp³-hybridized carbons (Fsp3) is 0.294. The van der Waals surface area contributed by atoms with Gasteiger partial charge in [0.25, 0.3) is 0 Å². The van der Waals surface area contributed by atoms with Crippen molar-refractivity contribution in [3.63, 3.8) is 0 Å². The molecule has 112 valence electrons. The summed E-state index contributed by atoms with van der Waals surface area (Å²) in [5.74, 6) is 2.84. The summed E-state index contributed by atoms with van der Waals surface area (Å²) in [5, 5.41) is 18.7. The molecule has 0 saturated heterocycles. The second-order valence-electron chi connectivity index (χ2n) is 4.93. The lowest BCUT2D eigenvalue weighted by molar-refractivity contribution is 0.471. The highest BCUT2D eigenvalue weighted by atomic mass is 33.1. The van der Waals surface area contributed by atoms with Gasteiger partial charge in [0, 0.05) is 11.5 Å². The minimum atomic E-state index is 0.324. The van der Waals surface area contributed by atoms with Gasteiger partial charge < -0.3 is 10.2 Å². The summed E-state index contributed by atoms with van der Waals surface area (Å²) in [6, 6.07) is 13.2. The van der Waals surface area contributed by atoms with Crippen molar-refractivity contribution in [1.29, 1.82) is 0 Å². The number of phenolic OH excluding ortho intramolecular Hbond substituents is 2. The predicted molar refractivity (Wildman–Crippen MR) is 93.3 cm³/mol. The third kappa shape index (κ3) is 5.56. The number of hydrogen-bond donors (Lipinski definition) is 2. The summed E-state index contributed by atoms with van der Waals surface area (Å²) in [7, 11) is 3.77. The first-order valence-corrected chi connectivity index (χ1v) is 9.45. The number of aromatic hydroxyl groups is 2. The highest BCUT2D eigenvalue weighted by molar-refractivity contribution is 8.76. The molecular formula is C17H20O2S2. The van der Waals surface area contributed by atoms with Gasteiger partial charge in [0.2, 0.25) is 0 Å². The summed E-state index contributed by atoms with van der Waals surface area (Å²) < 4.78 is 0. The van der Waals surface area contributed by atoms with E-state index >= 15 is 0 Å². The molecule has 0 bridgehead atoms. The van der Waals surface area contributed by atoms with E-state index < -0.39 is 0 Å². The zero-order valence-electron chi connectivity index (χ0n) is 12.1. The first-order chi connectivity index (χ1) is 10.1. The second-order valence-corrected chi connectivity index (χ2v) is 7.63. The van der Waals surface area contributed by atoms with E-state index in [2.05, 4.69) is 6.07 Å². The maximum Gasteiger partial charge on any atom is 0.118 e. The third-order valence-corrected chi connectivity index (χ3v) is 5.64. The number of phenols is 2. The Kier molecular flexibility index (Phi) is 6.33. The van der Waals surface area contributed by atoms with Crippen LogP contribution in [0, 0.1) is 6.92 Å². The molecule has 2 nitrogen and oxygen atoms in total. The quantitative estimate of drug-likeness (QED) is 0.579. The van der Waals surface area contributed by atoms with E-state index in [0.717, 1.165) is 29.9 Å². The molecule has 2 aromatic rings. The topological polar surface area (TPSA) is 40.5 Å². The number of benzene rings is 2. The first kappa shape index (κ1) is 16.1. The Morgan fingerprint density at radius 3 is 2.00 bits per heavy atom. The molecular weight excluding hydrogens is 300 g/mol. The van der Waals surface area contributed by atoms with Gasteiger partial charge in [-0.1, -0.05) is 45.9 Å². The van der Waals surface area contributed by atoms with Crippen LogP contribution in [-0.2, 0) is 12.8 Å². The van der Waals surface area contributed by atoms with Crippen LogP contribution in [0.25, 0.3) is 0 Å². The fourth-order valence-corrected chi connectivity index (χ4v) is 4.05. The van der Waals surface area contributed by atoms with Crippen LogP contribution < -0.4 is 0 Å². The van der Waals surface area contributed by atoms with Crippen LogP contribution in [0.4, 0.5) is 0 Å². The molecule has 2 aromatic carbocycles. The van der Waals surface area contributed by atoms with Gasteiger partial charge in [-0.15, -0.1) is 0 Å². The van der Waals surface area contributed by atoms with Crippen LogP contribution in [-0.4, -0.2) is 21.7 Å². The number of hydrogen-bond acceptors (Lipinski definition) is 4. The SMILES string of the molecule is Cc1cc(CCSSCCc2ccc(O)cc2)ccc1O. The van der Waals surface area contributed by atoms with Crippen molar-refractivity contribution in [3.05, 3.63) is 59.2 Å². The van der Waals surface area contributed by atoms with Crippen LogP contribution in [0.3, 0.4) is 0 Å². The maximum absolute atomic E-state index is 9.49. The monoisotopic (exact) mass is 320 g/mol. The molecule has 0 unspecified atom stereocenters. The average Bonchev–Trinajstić information content (AvgIpc) is 2.48. The van der Waals surface area contributed by atoms with Crippen LogP contribution in [0.15, 0.2) is 42.5 Å². The van der Waals surface area contributed by atoms with Crippen molar-refractivity contribution in [2.24, 2.45) is 0 Å². The van der Waals surface area contributed by atoms with Gasteiger partial charge in [-0.3, -0.25) is 0 Å². The molecule has 0 atom stereocenters. The van der Waals surface area contributed by atoms with Gasteiger partial charge in [0.05, 0.1) is 0 Å². The van der Waals surface area contributed by atoms with E-state index in [1.165, 1.54) is 11.1 Å². The summed E-state index contributed by atoms with van der Waals surface area (Å²) >= 11 is 0. The predicted octanol–water partition coefficient (Wildman–Crippen LogP) is 4.57. The van der Waals surface area contributed by atoms with Gasteiger partial charge in [-0.25, -0.2) is 0 Å². The van der Waals surface area contributed by atoms with Crippen molar-refractivity contribution >= 4 is 21.6 Å². The van der Waals surface area contributed by atoms with E-state index in [9.17, 15) is 10.2 Å². The molecule has 21 heavy (non-hydrogen) atoms. The molecule has 0 amide bonds. The lowest BCUT2D eigenvalue weighted by Crippen LogP contribution is -1.90. The van der Waals surface area contributed by atoms with Gasteiger partial charge in [-0.05, 0) is 54.7 Å². The maximum atomic E-state index is 9.49. The molecule has 0 aliphatic heterocycles. The van der Waals surface area contributed by atoms with E-state index in [4.69, 9.17) is 0 Å². The molecule has 4 heteroatoms. The summed E-state index contributed by atoms with van der Waals surface area (Å²) in [4.78, 5) is 0. The van der Waals surface area contributed by atoms with Crippen molar-refractivity contribution in [2.75, 3.05) is 11.5 Å². The smallest absolute Gasteiger partial charge is 0.118 e. The van der Waals surface area contributed by atoms with Crippen LogP contribution >= 0.6 is 21.6 Å². The van der Waals surface area contributed by atoms with E-state index in [1.807, 2.05) is 46.7 Å². The van der Waals surface area contributed by atoms with Crippen LogP contribution in [0.2, 0.25) is 0 Å². The van der Waals surface area contributed by atoms with Gasteiger partial charge in [0.15, 0.2) is 0 Å². The lowest BCUT2D eigenvalue weighted by Gasteiger charge is -2.05. The van der Waals surface area contributed by atoms with Crippen LogP contribution in [0.1, 0.15) is 16.7 Å². The molecule has 0 spiro atoms. The standard InChI is InChI=1S/C17H20O2S2/c1-13-12-15(4-7-17(13)19)9-11-21-20-10-8-14-2-5-16(18)6-3-14/h2-7,12,18-19H,8-11H2,1H3. The Hall–Kier alpha value is -1.26. The number of rotatable bonds is 7. The van der Waals surface area contributed by atoms with Gasteiger partial charge in [0.1, 0.15) is 11.5 Å². The number of aryl methyl sites for hydroxylation is 3. The van der Waals surface area contributed by atoms with Gasteiger partial charge in [-0.2, -0.15) is 0 Å². The van der Waals surface area contributed by atoms with E-state index in [0.29, 0.717) is 11.5 Å². The highest BCUT2D eigenvalue weighted by Gasteiger charge is 1.99. The fourth-order valence-electron chi connectivity index (χ4n) is 1.97. The zero-order chi connectivity index (χ0) is 15.1. The molecule has 2 rings (SSSR count). The Bertz CT molecular complexity index is 568. The summed E-state index contributed by atoms with van der Waals surface area (Å²) in [6.45, 7) is 1.93. The highest BCUT2D eigenvalue weighted by Crippen LogP contribution is 2.25. The minimum absolute atomic E-state index is 0.324. The third-order valence-electron chi connectivity index (χ3n) is 3.23. The summed E-state index contributed by atoms with van der Waals surface area (Å²) in [5.41, 5.74) is 3.48. The molecule has 0 aliphatic carbocycles. The first-order valence-electron chi connectivity index (χ1n) is 6.96.